The summed E-state index contributed by atoms with van der Waals surface area (Å²) in [7, 11) is -3.61. The molecule has 1 aromatic heterocycles. The lowest BCUT2D eigenvalue weighted by atomic mass is 9.99. The van der Waals surface area contributed by atoms with Crippen LogP contribution in [0.2, 0.25) is 0 Å². The predicted molar refractivity (Wildman–Crippen MR) is 104 cm³/mol. The smallest absolute Gasteiger partial charge is 0.178 e. The van der Waals surface area contributed by atoms with Gasteiger partial charge in [-0.1, -0.05) is 18.2 Å². The van der Waals surface area contributed by atoms with Crippen molar-refractivity contribution < 1.29 is 12.8 Å². The Kier molecular flexibility index (Phi) is 5.09. The van der Waals surface area contributed by atoms with Crippen LogP contribution in [-0.2, 0) is 9.84 Å². The molecule has 0 aliphatic rings. The molecule has 3 rings (SSSR count). The standard InChI is InChI=1S/C18H12Br2FNO2S/c1-25(23,24)17-7-5-12(10-16(17)21)18-13(3-2-8-22-18)11-4-6-14(19)15(20)9-11/h2-10H,1H3. The molecule has 3 aromatic rings. The zero-order valence-electron chi connectivity index (χ0n) is 13.0. The van der Waals surface area contributed by atoms with Crippen molar-refractivity contribution in [3.05, 3.63) is 69.5 Å². The molecule has 7 heteroatoms. The molecular weight excluding hydrogens is 473 g/mol. The minimum absolute atomic E-state index is 0.319. The van der Waals surface area contributed by atoms with Gasteiger partial charge in [0.05, 0.1) is 5.69 Å². The molecule has 25 heavy (non-hydrogen) atoms. The second kappa shape index (κ2) is 6.97. The molecule has 0 atom stereocenters. The van der Waals surface area contributed by atoms with Crippen molar-refractivity contribution in [1.29, 1.82) is 0 Å². The summed E-state index contributed by atoms with van der Waals surface area (Å²) in [5.41, 5.74) is 2.82. The van der Waals surface area contributed by atoms with Gasteiger partial charge in [-0.3, -0.25) is 4.98 Å². The van der Waals surface area contributed by atoms with Crippen LogP contribution in [0.5, 0.6) is 0 Å². The fraction of sp³-hybridized carbons (Fsp3) is 0.0556. The number of hydrogen-bond donors (Lipinski definition) is 0. The largest absolute Gasteiger partial charge is 0.256 e. The van der Waals surface area contributed by atoms with Crippen molar-refractivity contribution in [2.45, 2.75) is 4.90 Å². The Balaban J connectivity index is 2.16. The van der Waals surface area contributed by atoms with Crippen molar-refractivity contribution in [3.63, 3.8) is 0 Å². The van der Waals surface area contributed by atoms with E-state index in [1.54, 1.807) is 18.3 Å². The van der Waals surface area contributed by atoms with Gasteiger partial charge in [-0.15, -0.1) is 0 Å². The summed E-state index contributed by atoms with van der Waals surface area (Å²) in [4.78, 5) is 4.05. The summed E-state index contributed by atoms with van der Waals surface area (Å²) >= 11 is 6.91. The molecule has 2 aromatic carbocycles. The van der Waals surface area contributed by atoms with Crippen molar-refractivity contribution in [1.82, 2.24) is 4.98 Å². The highest BCUT2D eigenvalue weighted by Gasteiger charge is 2.16. The average Bonchev–Trinajstić information content (AvgIpc) is 2.56. The van der Waals surface area contributed by atoms with Crippen molar-refractivity contribution >= 4 is 41.7 Å². The zero-order valence-corrected chi connectivity index (χ0v) is 17.0. The third-order valence-corrected chi connectivity index (χ3v) is 6.65. The molecule has 0 aliphatic carbocycles. The van der Waals surface area contributed by atoms with Crippen molar-refractivity contribution in [3.8, 4) is 22.4 Å². The third kappa shape index (κ3) is 3.83. The summed E-state index contributed by atoms with van der Waals surface area (Å²) in [6, 6.07) is 13.5. The Morgan fingerprint density at radius 3 is 2.32 bits per heavy atom. The summed E-state index contributed by atoms with van der Waals surface area (Å²) in [6.07, 6.45) is 2.60. The van der Waals surface area contributed by atoms with Gasteiger partial charge in [0, 0.05) is 32.5 Å². The fourth-order valence-corrected chi connectivity index (χ4v) is 3.83. The molecule has 0 radical (unpaired) electrons. The molecule has 0 aliphatic heterocycles. The lowest BCUT2D eigenvalue weighted by molar-refractivity contribution is 0.571. The molecule has 0 spiro atoms. The van der Waals surface area contributed by atoms with Crippen molar-refractivity contribution in [2.24, 2.45) is 0 Å². The molecule has 0 fully saturated rings. The van der Waals surface area contributed by atoms with E-state index < -0.39 is 15.7 Å². The van der Waals surface area contributed by atoms with Gasteiger partial charge in [0.25, 0.3) is 0 Å². The van der Waals surface area contributed by atoms with E-state index in [1.165, 1.54) is 12.1 Å². The Morgan fingerprint density at radius 2 is 1.68 bits per heavy atom. The van der Waals surface area contributed by atoms with E-state index in [4.69, 9.17) is 0 Å². The topological polar surface area (TPSA) is 47.0 Å². The quantitative estimate of drug-likeness (QED) is 0.494. The van der Waals surface area contributed by atoms with Crippen LogP contribution in [0.15, 0.2) is 68.6 Å². The summed E-state index contributed by atoms with van der Waals surface area (Å²) in [6.45, 7) is 0. The van der Waals surface area contributed by atoms with Gasteiger partial charge in [0.1, 0.15) is 10.7 Å². The van der Waals surface area contributed by atoms with Gasteiger partial charge in [0.2, 0.25) is 0 Å². The lowest BCUT2D eigenvalue weighted by Crippen LogP contribution is -2.01. The lowest BCUT2D eigenvalue weighted by Gasteiger charge is -2.11. The maximum Gasteiger partial charge on any atom is 0.178 e. The van der Waals surface area contributed by atoms with Crippen LogP contribution >= 0.6 is 31.9 Å². The summed E-state index contributed by atoms with van der Waals surface area (Å²) < 4.78 is 39.3. The highest BCUT2D eigenvalue weighted by molar-refractivity contribution is 9.13. The number of benzene rings is 2. The molecule has 0 amide bonds. The van der Waals surface area contributed by atoms with E-state index in [2.05, 4.69) is 36.8 Å². The normalized spacial score (nSPS) is 11.5. The van der Waals surface area contributed by atoms with Gasteiger partial charge in [0.15, 0.2) is 9.84 Å². The first-order chi connectivity index (χ1) is 11.8. The van der Waals surface area contributed by atoms with E-state index in [0.29, 0.717) is 11.3 Å². The monoisotopic (exact) mass is 483 g/mol. The van der Waals surface area contributed by atoms with E-state index in [1.807, 2.05) is 24.3 Å². The van der Waals surface area contributed by atoms with Gasteiger partial charge in [-0.05, 0) is 67.8 Å². The number of halogens is 3. The van der Waals surface area contributed by atoms with Crippen LogP contribution in [0.25, 0.3) is 22.4 Å². The van der Waals surface area contributed by atoms with Gasteiger partial charge < -0.3 is 0 Å². The Bertz CT molecular complexity index is 1070. The number of sulfone groups is 1. The van der Waals surface area contributed by atoms with Crippen LogP contribution in [0.3, 0.4) is 0 Å². The predicted octanol–water partition coefficient (Wildman–Crippen LogP) is 5.48. The van der Waals surface area contributed by atoms with E-state index in [9.17, 15) is 12.8 Å². The number of aromatic nitrogens is 1. The molecule has 128 valence electrons. The third-order valence-electron chi connectivity index (χ3n) is 3.64. The zero-order chi connectivity index (χ0) is 18.2. The Hall–Kier alpha value is -1.57. The van der Waals surface area contributed by atoms with E-state index >= 15 is 0 Å². The minimum Gasteiger partial charge on any atom is -0.256 e. The van der Waals surface area contributed by atoms with Crippen LogP contribution in [0.4, 0.5) is 4.39 Å². The van der Waals surface area contributed by atoms with E-state index in [-0.39, 0.29) is 4.90 Å². The van der Waals surface area contributed by atoms with Gasteiger partial charge >= 0.3 is 0 Å². The molecule has 0 N–H and O–H groups in total. The van der Waals surface area contributed by atoms with Crippen LogP contribution in [0, 0.1) is 5.82 Å². The van der Waals surface area contributed by atoms with Crippen LogP contribution in [-0.4, -0.2) is 19.7 Å². The molecular formula is C18H12Br2FNO2S. The van der Waals surface area contributed by atoms with Crippen molar-refractivity contribution in [2.75, 3.05) is 6.26 Å². The fourth-order valence-electron chi connectivity index (χ4n) is 2.48. The second-order valence-corrected chi connectivity index (χ2v) is 9.14. The number of nitrogens with zero attached hydrogens (tertiary/aromatic N) is 1. The SMILES string of the molecule is CS(=O)(=O)c1ccc(-c2ncccc2-c2ccc(Br)c(Br)c2)cc1F. The first-order valence-corrected chi connectivity index (χ1v) is 10.7. The average molecular weight is 485 g/mol. The summed E-state index contributed by atoms with van der Waals surface area (Å²) in [5.74, 6) is -0.784. The van der Waals surface area contributed by atoms with Crippen LogP contribution in [0.1, 0.15) is 0 Å². The van der Waals surface area contributed by atoms with Crippen LogP contribution < -0.4 is 0 Å². The highest BCUT2D eigenvalue weighted by Crippen LogP contribution is 2.34. The van der Waals surface area contributed by atoms with Gasteiger partial charge in [-0.25, -0.2) is 12.8 Å². The number of pyridine rings is 1. The molecule has 1 heterocycles. The maximum absolute atomic E-state index is 14.3. The summed E-state index contributed by atoms with van der Waals surface area (Å²) in [5, 5.41) is 0. The van der Waals surface area contributed by atoms with E-state index in [0.717, 1.165) is 26.3 Å². The molecule has 3 nitrogen and oxygen atoms in total. The number of rotatable bonds is 3. The first-order valence-electron chi connectivity index (χ1n) is 7.18. The maximum atomic E-state index is 14.3. The Morgan fingerprint density at radius 1 is 0.960 bits per heavy atom. The van der Waals surface area contributed by atoms with Gasteiger partial charge in [-0.2, -0.15) is 0 Å². The number of hydrogen-bond acceptors (Lipinski definition) is 3. The first kappa shape index (κ1) is 18.2. The molecule has 0 saturated heterocycles. The Labute approximate surface area is 162 Å². The molecule has 0 saturated carbocycles. The molecule has 0 bridgehead atoms. The minimum atomic E-state index is -3.61. The molecule has 0 unspecified atom stereocenters. The second-order valence-electron chi connectivity index (χ2n) is 5.45. The highest BCUT2D eigenvalue weighted by atomic mass is 79.9.